The first-order valence-corrected chi connectivity index (χ1v) is 10.2. The number of likely N-dealkylation sites (tertiary alicyclic amines) is 1. The summed E-state index contributed by atoms with van der Waals surface area (Å²) >= 11 is 0. The number of methoxy groups -OCH3 is 2. The van der Waals surface area contributed by atoms with E-state index in [-0.39, 0.29) is 5.91 Å². The van der Waals surface area contributed by atoms with E-state index in [0.717, 1.165) is 36.1 Å². The summed E-state index contributed by atoms with van der Waals surface area (Å²) in [4.78, 5) is 18.3. The molecule has 3 N–H and O–H groups in total. The summed E-state index contributed by atoms with van der Waals surface area (Å²) in [5, 5.41) is 3.16. The third-order valence-corrected chi connectivity index (χ3v) is 5.24. The number of nitrogens with one attached hydrogen (secondary N) is 1. The fourth-order valence-corrected chi connectivity index (χ4v) is 3.54. The molecule has 0 aromatic heterocycles. The van der Waals surface area contributed by atoms with Crippen molar-refractivity contribution in [1.29, 1.82) is 0 Å². The molecular formula is C23H30N4O3. The lowest BCUT2D eigenvalue weighted by molar-refractivity contribution is -0.128. The highest BCUT2D eigenvalue weighted by atomic mass is 16.5. The molecule has 1 fully saturated rings. The first kappa shape index (κ1) is 21.5. The van der Waals surface area contributed by atoms with Gasteiger partial charge < -0.3 is 25.4 Å². The van der Waals surface area contributed by atoms with E-state index in [9.17, 15) is 4.79 Å². The van der Waals surface area contributed by atoms with Crippen LogP contribution in [0.2, 0.25) is 0 Å². The van der Waals surface area contributed by atoms with Gasteiger partial charge in [-0.3, -0.25) is 4.79 Å². The van der Waals surface area contributed by atoms with Crippen molar-refractivity contribution >= 4 is 11.9 Å². The monoisotopic (exact) mass is 410 g/mol. The Morgan fingerprint density at radius 1 is 1.13 bits per heavy atom. The predicted molar refractivity (Wildman–Crippen MR) is 118 cm³/mol. The number of guanidine groups is 1. The lowest BCUT2D eigenvalue weighted by Crippen LogP contribution is -2.33. The first-order valence-electron chi connectivity index (χ1n) is 10.2. The summed E-state index contributed by atoms with van der Waals surface area (Å²) in [6.45, 7) is 2.61. The van der Waals surface area contributed by atoms with Crippen LogP contribution in [0.5, 0.6) is 11.5 Å². The molecule has 3 rings (SSSR count). The van der Waals surface area contributed by atoms with Crippen molar-refractivity contribution in [3.8, 4) is 11.5 Å². The Bertz CT molecular complexity index is 898. The number of carbonyl (C=O) groups excluding carboxylic acids is 1. The van der Waals surface area contributed by atoms with Crippen molar-refractivity contribution in [2.45, 2.75) is 32.4 Å². The minimum Gasteiger partial charge on any atom is -0.493 e. The number of aliphatic imine (C=N–C) groups is 1. The molecule has 1 saturated heterocycles. The average Bonchev–Trinajstić information content (AvgIpc) is 3.17. The van der Waals surface area contributed by atoms with Crippen LogP contribution < -0.4 is 20.5 Å². The summed E-state index contributed by atoms with van der Waals surface area (Å²) in [6, 6.07) is 13.9. The Labute approximate surface area is 177 Å². The van der Waals surface area contributed by atoms with Crippen LogP contribution in [-0.2, 0) is 24.3 Å². The zero-order valence-electron chi connectivity index (χ0n) is 17.7. The molecule has 2 aromatic carbocycles. The van der Waals surface area contributed by atoms with Crippen LogP contribution in [0, 0.1) is 0 Å². The van der Waals surface area contributed by atoms with Crippen LogP contribution in [0.1, 0.15) is 29.5 Å². The van der Waals surface area contributed by atoms with Gasteiger partial charge in [0.15, 0.2) is 17.5 Å². The molecule has 160 valence electrons. The Hall–Kier alpha value is -3.22. The highest BCUT2D eigenvalue weighted by Crippen LogP contribution is 2.27. The van der Waals surface area contributed by atoms with Crippen molar-refractivity contribution < 1.29 is 14.3 Å². The Balaban J connectivity index is 1.53. The van der Waals surface area contributed by atoms with Gasteiger partial charge in [-0.15, -0.1) is 0 Å². The maximum atomic E-state index is 11.9. The fourth-order valence-electron chi connectivity index (χ4n) is 3.54. The molecule has 7 nitrogen and oxygen atoms in total. The number of benzene rings is 2. The molecule has 2 aromatic rings. The molecule has 30 heavy (non-hydrogen) atoms. The SMILES string of the molecule is COc1ccc(CCNC(N)=NCc2ccccc2CN2CCCC2=O)cc1OC. The molecule has 0 unspecified atom stereocenters. The Morgan fingerprint density at radius 3 is 2.60 bits per heavy atom. The van der Waals surface area contributed by atoms with E-state index in [1.165, 1.54) is 0 Å². The number of hydrogen-bond acceptors (Lipinski definition) is 4. The highest BCUT2D eigenvalue weighted by Gasteiger charge is 2.20. The van der Waals surface area contributed by atoms with Crippen molar-refractivity contribution in [3.63, 3.8) is 0 Å². The summed E-state index contributed by atoms with van der Waals surface area (Å²) < 4.78 is 10.6. The lowest BCUT2D eigenvalue weighted by Gasteiger charge is -2.17. The van der Waals surface area contributed by atoms with Crippen LogP contribution in [0.25, 0.3) is 0 Å². The van der Waals surface area contributed by atoms with Crippen LogP contribution >= 0.6 is 0 Å². The Kier molecular flexibility index (Phi) is 7.54. The summed E-state index contributed by atoms with van der Waals surface area (Å²) in [6.07, 6.45) is 2.37. The third-order valence-electron chi connectivity index (χ3n) is 5.24. The van der Waals surface area contributed by atoms with Crippen LogP contribution in [-0.4, -0.2) is 44.1 Å². The van der Waals surface area contributed by atoms with Crippen molar-refractivity contribution in [2.24, 2.45) is 10.7 Å². The normalized spacial score (nSPS) is 14.1. The number of carbonyl (C=O) groups is 1. The molecule has 1 heterocycles. The molecule has 0 saturated carbocycles. The second-order valence-electron chi connectivity index (χ2n) is 7.26. The maximum absolute atomic E-state index is 11.9. The Morgan fingerprint density at radius 2 is 1.90 bits per heavy atom. The van der Waals surface area contributed by atoms with Crippen LogP contribution in [0.15, 0.2) is 47.5 Å². The van der Waals surface area contributed by atoms with E-state index < -0.39 is 0 Å². The first-order chi connectivity index (χ1) is 14.6. The van der Waals surface area contributed by atoms with Gasteiger partial charge in [0.25, 0.3) is 0 Å². The largest absolute Gasteiger partial charge is 0.493 e. The molecule has 1 aliphatic heterocycles. The quantitative estimate of drug-likeness (QED) is 0.490. The summed E-state index contributed by atoms with van der Waals surface area (Å²) in [5.74, 6) is 2.06. The number of nitrogens with zero attached hydrogens (tertiary/aromatic N) is 2. The van der Waals surface area contributed by atoms with Gasteiger partial charge in [-0.05, 0) is 41.7 Å². The molecule has 1 aliphatic rings. The molecule has 0 atom stereocenters. The lowest BCUT2D eigenvalue weighted by atomic mass is 10.1. The number of rotatable bonds is 9. The molecule has 1 amide bonds. The van der Waals surface area contributed by atoms with Gasteiger partial charge in [0.2, 0.25) is 5.91 Å². The number of nitrogens with two attached hydrogens (primary N) is 1. The number of hydrogen-bond donors (Lipinski definition) is 2. The predicted octanol–water partition coefficient (Wildman–Crippen LogP) is 2.47. The van der Waals surface area contributed by atoms with E-state index >= 15 is 0 Å². The minimum absolute atomic E-state index is 0.227. The van der Waals surface area contributed by atoms with Crippen molar-refractivity contribution in [3.05, 3.63) is 59.2 Å². The maximum Gasteiger partial charge on any atom is 0.222 e. The number of ether oxygens (including phenoxy) is 2. The topological polar surface area (TPSA) is 89.2 Å². The van der Waals surface area contributed by atoms with Crippen LogP contribution in [0.3, 0.4) is 0 Å². The molecule has 7 heteroatoms. The summed E-state index contributed by atoms with van der Waals surface area (Å²) in [5.41, 5.74) is 9.38. The second-order valence-corrected chi connectivity index (χ2v) is 7.26. The molecule has 0 radical (unpaired) electrons. The number of amides is 1. The zero-order chi connectivity index (χ0) is 21.3. The van der Waals surface area contributed by atoms with Gasteiger partial charge in [-0.1, -0.05) is 30.3 Å². The van der Waals surface area contributed by atoms with E-state index in [0.29, 0.717) is 43.5 Å². The highest BCUT2D eigenvalue weighted by molar-refractivity contribution is 5.78. The fraction of sp³-hybridized carbons (Fsp3) is 0.391. The smallest absolute Gasteiger partial charge is 0.222 e. The van der Waals surface area contributed by atoms with E-state index in [2.05, 4.69) is 16.4 Å². The second kappa shape index (κ2) is 10.5. The minimum atomic E-state index is 0.227. The molecule has 0 bridgehead atoms. The summed E-state index contributed by atoms with van der Waals surface area (Å²) in [7, 11) is 3.25. The van der Waals surface area contributed by atoms with E-state index in [1.54, 1.807) is 14.2 Å². The standard InChI is InChI=1S/C23H30N4O3/c1-29-20-10-9-17(14-21(20)30-2)11-12-25-23(24)26-15-18-6-3-4-7-19(18)16-27-13-5-8-22(27)28/h3-4,6-7,9-10,14H,5,8,11-13,15-16H2,1-2H3,(H3,24,25,26). The molecular weight excluding hydrogens is 380 g/mol. The third kappa shape index (κ3) is 5.65. The van der Waals surface area contributed by atoms with Gasteiger partial charge >= 0.3 is 0 Å². The van der Waals surface area contributed by atoms with Crippen molar-refractivity contribution in [2.75, 3.05) is 27.3 Å². The molecule has 0 spiro atoms. The van der Waals surface area contributed by atoms with Crippen molar-refractivity contribution in [1.82, 2.24) is 10.2 Å². The van der Waals surface area contributed by atoms with Crippen LogP contribution in [0.4, 0.5) is 0 Å². The van der Waals surface area contributed by atoms with Gasteiger partial charge in [-0.2, -0.15) is 0 Å². The van der Waals surface area contributed by atoms with E-state index in [4.69, 9.17) is 15.2 Å². The van der Waals surface area contributed by atoms with E-state index in [1.807, 2.05) is 41.3 Å². The molecule has 0 aliphatic carbocycles. The van der Waals surface area contributed by atoms with Gasteiger partial charge in [0.1, 0.15) is 0 Å². The average molecular weight is 411 g/mol. The van der Waals surface area contributed by atoms with Gasteiger partial charge in [0.05, 0.1) is 20.8 Å². The van der Waals surface area contributed by atoms with Gasteiger partial charge in [0, 0.05) is 26.1 Å². The zero-order valence-corrected chi connectivity index (χ0v) is 17.7. The van der Waals surface area contributed by atoms with Gasteiger partial charge in [-0.25, -0.2) is 4.99 Å².